The molecule has 0 unspecified atom stereocenters. The average molecular weight is 284 g/mol. The number of carbonyl (C=O) groups excluding carboxylic acids is 1. The molecule has 0 saturated carbocycles. The van der Waals surface area contributed by atoms with Gasteiger partial charge in [0.1, 0.15) is 11.2 Å². The molecule has 0 radical (unpaired) electrons. The Balaban J connectivity index is 1.83. The van der Waals surface area contributed by atoms with Crippen molar-refractivity contribution in [1.82, 2.24) is 4.90 Å². The van der Waals surface area contributed by atoms with Crippen molar-refractivity contribution < 1.29 is 19.1 Å². The maximum absolute atomic E-state index is 12.0. The van der Waals surface area contributed by atoms with Crippen LogP contribution in [0.5, 0.6) is 0 Å². The summed E-state index contributed by atoms with van der Waals surface area (Å²) in [5, 5.41) is 3.99. The van der Waals surface area contributed by atoms with E-state index in [0.29, 0.717) is 32.0 Å². The molecule has 0 aliphatic carbocycles. The molecule has 6 nitrogen and oxygen atoms in total. The van der Waals surface area contributed by atoms with Crippen LogP contribution in [0.4, 0.5) is 4.79 Å². The second kappa shape index (κ2) is 5.50. The SMILES string of the molecule is CCOC1=NOC2(CCN(C(=O)OC(C)(C)C)CC2)C1. The molecule has 1 fully saturated rings. The van der Waals surface area contributed by atoms with Crippen molar-refractivity contribution in [2.45, 2.75) is 58.2 Å². The Morgan fingerprint density at radius 2 is 2.05 bits per heavy atom. The Kier molecular flexibility index (Phi) is 4.11. The fraction of sp³-hybridized carbons (Fsp3) is 0.857. The van der Waals surface area contributed by atoms with Crippen LogP contribution in [0.1, 0.15) is 47.0 Å². The van der Waals surface area contributed by atoms with E-state index in [-0.39, 0.29) is 11.7 Å². The first-order valence-corrected chi connectivity index (χ1v) is 7.19. The first-order chi connectivity index (χ1) is 9.34. The van der Waals surface area contributed by atoms with E-state index in [0.717, 1.165) is 12.8 Å². The highest BCUT2D eigenvalue weighted by molar-refractivity contribution is 5.78. The fourth-order valence-corrected chi connectivity index (χ4v) is 2.42. The number of nitrogens with zero attached hydrogens (tertiary/aromatic N) is 2. The van der Waals surface area contributed by atoms with Crippen molar-refractivity contribution in [3.05, 3.63) is 0 Å². The lowest BCUT2D eigenvalue weighted by molar-refractivity contribution is -0.0639. The molecule has 0 aromatic rings. The van der Waals surface area contributed by atoms with E-state index in [1.807, 2.05) is 27.7 Å². The van der Waals surface area contributed by atoms with E-state index >= 15 is 0 Å². The van der Waals surface area contributed by atoms with Gasteiger partial charge in [-0.15, -0.1) is 0 Å². The third-order valence-electron chi connectivity index (χ3n) is 3.45. The summed E-state index contributed by atoms with van der Waals surface area (Å²) < 4.78 is 10.8. The molecule has 6 heteroatoms. The van der Waals surface area contributed by atoms with Crippen molar-refractivity contribution in [1.29, 1.82) is 0 Å². The standard InChI is InChI=1S/C14H24N2O4/c1-5-18-11-10-14(20-15-11)6-8-16(9-7-14)12(17)19-13(2,3)4/h5-10H2,1-4H3. The summed E-state index contributed by atoms with van der Waals surface area (Å²) in [5.41, 5.74) is -0.746. The molecule has 2 rings (SSSR count). The monoisotopic (exact) mass is 284 g/mol. The predicted molar refractivity (Wildman–Crippen MR) is 74.5 cm³/mol. The largest absolute Gasteiger partial charge is 0.479 e. The van der Waals surface area contributed by atoms with Crippen molar-refractivity contribution >= 4 is 12.0 Å². The number of carbonyl (C=O) groups is 1. The first kappa shape index (κ1) is 14.9. The van der Waals surface area contributed by atoms with E-state index in [2.05, 4.69) is 5.16 Å². The van der Waals surface area contributed by atoms with Crippen LogP contribution in [0.2, 0.25) is 0 Å². The highest BCUT2D eigenvalue weighted by Gasteiger charge is 2.44. The zero-order valence-corrected chi connectivity index (χ0v) is 12.8. The predicted octanol–water partition coefficient (Wildman–Crippen LogP) is 2.53. The molecule has 0 aromatic carbocycles. The normalized spacial score (nSPS) is 21.4. The molecular formula is C14H24N2O4. The smallest absolute Gasteiger partial charge is 0.410 e. The molecule has 2 aliphatic heterocycles. The van der Waals surface area contributed by atoms with Crippen LogP contribution in [0.15, 0.2) is 5.16 Å². The summed E-state index contributed by atoms with van der Waals surface area (Å²) in [6.07, 6.45) is 1.96. The number of oxime groups is 1. The average Bonchev–Trinajstić information content (AvgIpc) is 2.71. The van der Waals surface area contributed by atoms with Gasteiger partial charge in [-0.3, -0.25) is 0 Å². The van der Waals surface area contributed by atoms with Crippen LogP contribution in [0, 0.1) is 0 Å². The van der Waals surface area contributed by atoms with Crippen LogP contribution in [0.25, 0.3) is 0 Å². The van der Waals surface area contributed by atoms with Gasteiger partial charge in [-0.2, -0.15) is 0 Å². The Morgan fingerprint density at radius 3 is 2.60 bits per heavy atom. The molecule has 0 bridgehead atoms. The van der Waals surface area contributed by atoms with Gasteiger partial charge in [-0.1, -0.05) is 5.16 Å². The fourth-order valence-electron chi connectivity index (χ4n) is 2.42. The molecule has 20 heavy (non-hydrogen) atoms. The van der Waals surface area contributed by atoms with E-state index in [4.69, 9.17) is 14.3 Å². The highest BCUT2D eigenvalue weighted by Crippen LogP contribution is 2.35. The van der Waals surface area contributed by atoms with Crippen molar-refractivity contribution in [3.63, 3.8) is 0 Å². The summed E-state index contributed by atoms with van der Waals surface area (Å²) in [5.74, 6) is 0.665. The molecule has 0 aromatic heterocycles. The molecule has 1 saturated heterocycles. The Morgan fingerprint density at radius 1 is 1.40 bits per heavy atom. The van der Waals surface area contributed by atoms with E-state index < -0.39 is 5.60 Å². The van der Waals surface area contributed by atoms with Crippen LogP contribution in [-0.4, -0.2) is 47.8 Å². The summed E-state index contributed by atoms with van der Waals surface area (Å²) in [6, 6.07) is 0. The van der Waals surface area contributed by atoms with Gasteiger partial charge in [0.15, 0.2) is 0 Å². The minimum absolute atomic E-state index is 0.253. The van der Waals surface area contributed by atoms with Gasteiger partial charge in [0.25, 0.3) is 0 Å². The Bertz CT molecular complexity index is 392. The van der Waals surface area contributed by atoms with Gasteiger partial charge in [-0.25, -0.2) is 4.79 Å². The van der Waals surface area contributed by atoms with Gasteiger partial charge < -0.3 is 19.2 Å². The molecule has 114 valence electrons. The van der Waals surface area contributed by atoms with Gasteiger partial charge in [0.2, 0.25) is 5.90 Å². The lowest BCUT2D eigenvalue weighted by Gasteiger charge is -2.37. The lowest BCUT2D eigenvalue weighted by atomic mass is 9.89. The molecule has 1 spiro atoms. The van der Waals surface area contributed by atoms with Crippen LogP contribution in [-0.2, 0) is 14.3 Å². The van der Waals surface area contributed by atoms with Crippen LogP contribution in [0.3, 0.4) is 0 Å². The quantitative estimate of drug-likeness (QED) is 0.742. The Hall–Kier alpha value is -1.46. The topological polar surface area (TPSA) is 60.4 Å². The van der Waals surface area contributed by atoms with Gasteiger partial charge in [-0.05, 0) is 27.7 Å². The van der Waals surface area contributed by atoms with Crippen LogP contribution < -0.4 is 0 Å². The van der Waals surface area contributed by atoms with E-state index in [9.17, 15) is 4.79 Å². The number of hydrogen-bond acceptors (Lipinski definition) is 5. The minimum atomic E-state index is -0.457. The van der Waals surface area contributed by atoms with Gasteiger partial charge >= 0.3 is 6.09 Å². The summed E-state index contributed by atoms with van der Waals surface area (Å²) in [4.78, 5) is 19.3. The Labute approximate surface area is 120 Å². The molecule has 2 heterocycles. The summed E-state index contributed by atoms with van der Waals surface area (Å²) >= 11 is 0. The summed E-state index contributed by atoms with van der Waals surface area (Å²) in [7, 11) is 0. The second-order valence-corrected chi connectivity index (χ2v) is 6.34. The van der Waals surface area contributed by atoms with E-state index in [1.54, 1.807) is 4.90 Å². The zero-order chi connectivity index (χ0) is 14.8. The van der Waals surface area contributed by atoms with Crippen molar-refractivity contribution in [2.75, 3.05) is 19.7 Å². The maximum Gasteiger partial charge on any atom is 0.410 e. The maximum atomic E-state index is 12.0. The second-order valence-electron chi connectivity index (χ2n) is 6.34. The van der Waals surface area contributed by atoms with E-state index in [1.165, 1.54) is 0 Å². The summed E-state index contributed by atoms with van der Waals surface area (Å²) in [6.45, 7) is 9.41. The number of likely N-dealkylation sites (tertiary alicyclic amines) is 1. The lowest BCUT2D eigenvalue weighted by Crippen LogP contribution is -2.48. The molecular weight excluding hydrogens is 260 g/mol. The third-order valence-corrected chi connectivity index (χ3v) is 3.45. The highest BCUT2D eigenvalue weighted by atomic mass is 16.7. The molecule has 1 amide bonds. The number of hydrogen-bond donors (Lipinski definition) is 0. The number of rotatable bonds is 1. The molecule has 0 atom stereocenters. The van der Waals surface area contributed by atoms with Crippen LogP contribution >= 0.6 is 0 Å². The molecule has 2 aliphatic rings. The van der Waals surface area contributed by atoms with Gasteiger partial charge in [0.05, 0.1) is 13.0 Å². The number of amides is 1. The number of ether oxygens (including phenoxy) is 2. The van der Waals surface area contributed by atoms with Crippen molar-refractivity contribution in [3.8, 4) is 0 Å². The first-order valence-electron chi connectivity index (χ1n) is 7.19. The third kappa shape index (κ3) is 3.55. The zero-order valence-electron chi connectivity index (χ0n) is 12.8. The van der Waals surface area contributed by atoms with Crippen molar-refractivity contribution in [2.24, 2.45) is 5.16 Å². The minimum Gasteiger partial charge on any atom is -0.479 e. The number of piperidine rings is 1. The van der Waals surface area contributed by atoms with Gasteiger partial charge in [0, 0.05) is 25.9 Å². The molecule has 0 N–H and O–H groups in total.